The maximum absolute atomic E-state index is 11.9. The standard InChI is InChI=1S/C36H70O3.Ca.Mg.4H/c1-3-5-7-9-11-13-15-17-19-21-23-25-27-29-31-33-35(37)39-36(38)34-32-30-28-26-24-22-20-18-16-14-12-10-8-6-4-2;;;;;;/h3-34H2,1-2H3;;;;;;. The quantitative estimate of drug-likeness (QED) is 0.0326. The van der Waals surface area contributed by atoms with Gasteiger partial charge in [-0.25, -0.2) is 0 Å². The van der Waals surface area contributed by atoms with Crippen LogP contribution in [-0.2, 0) is 14.3 Å². The summed E-state index contributed by atoms with van der Waals surface area (Å²) in [5, 5.41) is 0. The number of ether oxygens (including phenoxy) is 1. The zero-order chi connectivity index (χ0) is 28.5. The summed E-state index contributed by atoms with van der Waals surface area (Å²) < 4.78 is 5.01. The molecule has 0 aromatic carbocycles. The average Bonchev–Trinajstić information content (AvgIpc) is 2.93. The molecule has 5 heteroatoms. The van der Waals surface area contributed by atoms with Gasteiger partial charge in [-0.05, 0) is 12.8 Å². The minimum atomic E-state index is -0.323. The predicted octanol–water partition coefficient (Wildman–Crippen LogP) is 10.7. The second-order valence-corrected chi connectivity index (χ2v) is 12.2. The second kappa shape index (κ2) is 41.2. The van der Waals surface area contributed by atoms with Crippen molar-refractivity contribution in [3.8, 4) is 0 Å². The van der Waals surface area contributed by atoms with E-state index in [-0.39, 0.29) is 72.7 Å². The molecule has 0 saturated carbocycles. The molecule has 0 heterocycles. The van der Waals surface area contributed by atoms with E-state index in [0.717, 1.165) is 25.7 Å². The van der Waals surface area contributed by atoms with Crippen LogP contribution in [0.15, 0.2) is 0 Å². The van der Waals surface area contributed by atoms with E-state index in [1.54, 1.807) is 0 Å². The Kier molecular flexibility index (Phi) is 46.8. The fourth-order valence-electron chi connectivity index (χ4n) is 5.51. The van der Waals surface area contributed by atoms with Crippen LogP contribution in [0.3, 0.4) is 0 Å². The van der Waals surface area contributed by atoms with Crippen LogP contribution in [0, 0.1) is 0 Å². The predicted molar refractivity (Wildman–Crippen MR) is 187 cm³/mol. The van der Waals surface area contributed by atoms with Gasteiger partial charge in [0.15, 0.2) is 0 Å². The van der Waals surface area contributed by atoms with E-state index in [2.05, 4.69) is 13.8 Å². The van der Waals surface area contributed by atoms with E-state index >= 15 is 0 Å². The van der Waals surface area contributed by atoms with E-state index in [1.165, 1.54) is 167 Å². The van der Waals surface area contributed by atoms with Gasteiger partial charge in [-0.2, -0.15) is 0 Å². The first-order chi connectivity index (χ1) is 19.2. The van der Waals surface area contributed by atoms with Crippen LogP contribution in [-0.4, -0.2) is 72.7 Å². The van der Waals surface area contributed by atoms with Gasteiger partial charge in [-0.15, -0.1) is 0 Å². The molecule has 0 aromatic heterocycles. The largest absolute Gasteiger partial charge is 0.316 e. The molecule has 0 N–H and O–H groups in total. The zero-order valence-electron chi connectivity index (χ0n) is 26.9. The molecular weight excluding hydrogens is 545 g/mol. The smallest absolute Gasteiger partial charge is 0.316 e. The first-order valence-corrected chi connectivity index (χ1v) is 17.9. The van der Waals surface area contributed by atoms with Crippen LogP contribution in [0.1, 0.15) is 219 Å². The van der Waals surface area contributed by atoms with Gasteiger partial charge >= 0.3 is 72.7 Å². The van der Waals surface area contributed by atoms with Crippen molar-refractivity contribution in [1.29, 1.82) is 0 Å². The third kappa shape index (κ3) is 41.2. The Morgan fingerprint density at radius 3 is 0.707 bits per heavy atom. The van der Waals surface area contributed by atoms with Gasteiger partial charge in [0.2, 0.25) is 0 Å². The number of carbonyl (C=O) groups is 2. The molecule has 0 rings (SSSR count). The molecular formula is C36H74CaMgO3. The topological polar surface area (TPSA) is 43.4 Å². The van der Waals surface area contributed by atoms with E-state index in [4.69, 9.17) is 4.74 Å². The molecule has 240 valence electrons. The van der Waals surface area contributed by atoms with Crippen LogP contribution < -0.4 is 0 Å². The van der Waals surface area contributed by atoms with E-state index in [9.17, 15) is 9.59 Å². The van der Waals surface area contributed by atoms with Crippen molar-refractivity contribution in [2.24, 2.45) is 0 Å². The molecule has 0 unspecified atom stereocenters. The SMILES string of the molecule is CCCCCCCCCCCCCCCCCC(=O)OC(=O)CCCCCCCCCCCCCCCCC.[CaH2].[MgH2]. The monoisotopic (exact) mass is 619 g/mol. The van der Waals surface area contributed by atoms with E-state index in [1.807, 2.05) is 0 Å². The van der Waals surface area contributed by atoms with Crippen molar-refractivity contribution in [2.45, 2.75) is 219 Å². The summed E-state index contributed by atoms with van der Waals surface area (Å²) in [5.74, 6) is -0.647. The zero-order valence-corrected chi connectivity index (χ0v) is 26.9. The number of unbranched alkanes of at least 4 members (excludes halogenated alkanes) is 28. The van der Waals surface area contributed by atoms with Crippen LogP contribution in [0.5, 0.6) is 0 Å². The molecule has 0 saturated heterocycles. The van der Waals surface area contributed by atoms with Crippen LogP contribution in [0.4, 0.5) is 0 Å². The maximum Gasteiger partial charge on any atom is 0.316 e. The van der Waals surface area contributed by atoms with Gasteiger partial charge in [0, 0.05) is 12.8 Å². The van der Waals surface area contributed by atoms with E-state index < -0.39 is 0 Å². The summed E-state index contributed by atoms with van der Waals surface area (Å²) in [5.41, 5.74) is 0. The molecule has 3 nitrogen and oxygen atoms in total. The van der Waals surface area contributed by atoms with Gasteiger partial charge in [-0.1, -0.05) is 194 Å². The fourth-order valence-corrected chi connectivity index (χ4v) is 5.51. The van der Waals surface area contributed by atoms with Crippen molar-refractivity contribution in [2.75, 3.05) is 0 Å². The van der Waals surface area contributed by atoms with Gasteiger partial charge in [-0.3, -0.25) is 9.59 Å². The fraction of sp³-hybridized carbons (Fsp3) is 0.944. The minimum absolute atomic E-state index is 0. The molecule has 0 bridgehead atoms. The molecule has 0 aliphatic heterocycles. The number of hydrogen-bond donors (Lipinski definition) is 0. The van der Waals surface area contributed by atoms with Crippen molar-refractivity contribution in [1.82, 2.24) is 0 Å². The first kappa shape index (κ1) is 46.6. The van der Waals surface area contributed by atoms with Crippen molar-refractivity contribution < 1.29 is 14.3 Å². The van der Waals surface area contributed by atoms with Gasteiger partial charge in [0.25, 0.3) is 0 Å². The van der Waals surface area contributed by atoms with Crippen LogP contribution >= 0.6 is 0 Å². The molecule has 0 atom stereocenters. The molecule has 0 spiro atoms. The molecule has 0 radical (unpaired) electrons. The van der Waals surface area contributed by atoms with Crippen LogP contribution in [0.2, 0.25) is 0 Å². The summed E-state index contributed by atoms with van der Waals surface area (Å²) in [6, 6.07) is 0. The van der Waals surface area contributed by atoms with Gasteiger partial charge in [0.1, 0.15) is 0 Å². The Hall–Kier alpha value is 1.17. The Morgan fingerprint density at radius 2 is 0.512 bits per heavy atom. The number of rotatable bonds is 32. The summed E-state index contributed by atoms with van der Waals surface area (Å²) in [6.07, 6.45) is 40.1. The third-order valence-corrected chi connectivity index (χ3v) is 8.20. The number of esters is 2. The maximum atomic E-state index is 11.9. The van der Waals surface area contributed by atoms with E-state index in [0.29, 0.717) is 12.8 Å². The summed E-state index contributed by atoms with van der Waals surface area (Å²) in [4.78, 5) is 23.8. The second-order valence-electron chi connectivity index (χ2n) is 12.2. The Balaban J connectivity index is -0.00000722. The molecule has 0 amide bonds. The Labute approximate surface area is 303 Å². The first-order valence-electron chi connectivity index (χ1n) is 17.9. The summed E-state index contributed by atoms with van der Waals surface area (Å²) in [7, 11) is 0. The molecule has 0 aliphatic carbocycles. The number of carbonyl (C=O) groups excluding carboxylic acids is 2. The van der Waals surface area contributed by atoms with Crippen molar-refractivity contribution >= 4 is 72.7 Å². The average molecular weight is 619 g/mol. The van der Waals surface area contributed by atoms with Gasteiger partial charge < -0.3 is 4.74 Å². The molecule has 0 fully saturated rings. The molecule has 0 aliphatic rings. The normalized spacial score (nSPS) is 10.7. The Morgan fingerprint density at radius 1 is 0.341 bits per heavy atom. The summed E-state index contributed by atoms with van der Waals surface area (Å²) >= 11 is 0. The van der Waals surface area contributed by atoms with Crippen LogP contribution in [0.25, 0.3) is 0 Å². The Bertz CT molecular complexity index is 471. The molecule has 0 aromatic rings. The molecule has 41 heavy (non-hydrogen) atoms. The minimum Gasteiger partial charge on any atom is 0.316 e. The number of hydrogen-bond acceptors (Lipinski definition) is 3. The van der Waals surface area contributed by atoms with Crippen molar-refractivity contribution in [3.63, 3.8) is 0 Å². The van der Waals surface area contributed by atoms with Crippen molar-refractivity contribution in [3.05, 3.63) is 0 Å². The third-order valence-electron chi connectivity index (χ3n) is 8.20. The van der Waals surface area contributed by atoms with Gasteiger partial charge in [0.05, 0.1) is 0 Å². The summed E-state index contributed by atoms with van der Waals surface area (Å²) in [6.45, 7) is 4.55.